The normalized spacial score (nSPS) is 12.1. The number of methoxy groups -OCH3 is 1. The third-order valence-electron chi connectivity index (χ3n) is 4.60. The van der Waals surface area contributed by atoms with Crippen molar-refractivity contribution in [3.63, 3.8) is 0 Å². The van der Waals surface area contributed by atoms with Crippen molar-refractivity contribution in [1.82, 2.24) is 19.9 Å². The van der Waals surface area contributed by atoms with Crippen molar-refractivity contribution in [3.8, 4) is 17.3 Å². The Morgan fingerprint density at radius 2 is 2.00 bits per heavy atom. The first-order valence-electron chi connectivity index (χ1n) is 8.93. The molecule has 0 aliphatic carbocycles. The first kappa shape index (κ1) is 18.2. The van der Waals surface area contributed by atoms with Gasteiger partial charge in [-0.1, -0.05) is 30.3 Å². The monoisotopic (exact) mass is 392 g/mol. The van der Waals surface area contributed by atoms with Crippen molar-refractivity contribution < 1.29 is 9.53 Å². The number of nitrogens with one attached hydrogen (secondary N) is 1. The maximum Gasteiger partial charge on any atom is 0.240 e. The Labute approximate surface area is 166 Å². The van der Waals surface area contributed by atoms with E-state index in [1.54, 1.807) is 12.6 Å². The van der Waals surface area contributed by atoms with Gasteiger partial charge in [-0.3, -0.25) is 4.79 Å². The lowest BCUT2D eigenvalue weighted by Gasteiger charge is -2.18. The van der Waals surface area contributed by atoms with Crippen LogP contribution in [0.25, 0.3) is 22.6 Å². The quantitative estimate of drug-likeness (QED) is 0.538. The molecule has 1 N–H and O–H groups in total. The van der Waals surface area contributed by atoms with Crippen LogP contribution in [0.5, 0.6) is 5.75 Å². The first-order valence-corrected chi connectivity index (χ1v) is 9.87. The van der Waals surface area contributed by atoms with Crippen molar-refractivity contribution in [1.29, 1.82) is 0 Å². The van der Waals surface area contributed by atoms with E-state index in [-0.39, 0.29) is 18.5 Å². The highest BCUT2D eigenvalue weighted by atomic mass is 32.1. The van der Waals surface area contributed by atoms with E-state index < -0.39 is 0 Å². The second-order valence-corrected chi connectivity index (χ2v) is 7.13. The highest BCUT2D eigenvalue weighted by Gasteiger charge is 2.18. The van der Waals surface area contributed by atoms with Crippen LogP contribution in [0.4, 0.5) is 0 Å². The molecule has 0 spiro atoms. The van der Waals surface area contributed by atoms with Crippen molar-refractivity contribution in [2.24, 2.45) is 0 Å². The number of nitrogens with zero attached hydrogens (tertiary/aromatic N) is 3. The van der Waals surface area contributed by atoms with Gasteiger partial charge in [0.2, 0.25) is 5.91 Å². The van der Waals surface area contributed by atoms with Crippen LogP contribution in [0.3, 0.4) is 0 Å². The molecule has 28 heavy (non-hydrogen) atoms. The van der Waals surface area contributed by atoms with E-state index in [1.165, 1.54) is 11.3 Å². The third-order valence-corrected chi connectivity index (χ3v) is 5.19. The minimum Gasteiger partial charge on any atom is -0.496 e. The molecule has 7 heteroatoms. The van der Waals surface area contributed by atoms with Gasteiger partial charge in [-0.05, 0) is 25.1 Å². The van der Waals surface area contributed by atoms with E-state index in [1.807, 2.05) is 65.4 Å². The minimum atomic E-state index is -0.179. The highest BCUT2D eigenvalue weighted by Crippen LogP contribution is 2.26. The average Bonchev–Trinajstić information content (AvgIpc) is 3.36. The fourth-order valence-corrected chi connectivity index (χ4v) is 3.82. The standard InChI is InChI=1S/C21H20N4O2S/c1-14(15-7-3-6-10-19(15)27-2)23-20(26)11-25-18-9-5-4-8-16(18)24-21(25)17-12-28-13-22-17/h3-10,12-14H,11H2,1-2H3,(H,23,26). The Bertz CT molecular complexity index is 1100. The summed E-state index contributed by atoms with van der Waals surface area (Å²) in [4.78, 5) is 21.9. The summed E-state index contributed by atoms with van der Waals surface area (Å²) in [7, 11) is 1.63. The third kappa shape index (κ3) is 3.48. The van der Waals surface area contributed by atoms with E-state index in [0.717, 1.165) is 28.0 Å². The van der Waals surface area contributed by atoms with E-state index in [0.29, 0.717) is 5.82 Å². The van der Waals surface area contributed by atoms with E-state index in [4.69, 9.17) is 4.74 Å². The molecule has 1 atom stereocenters. The van der Waals surface area contributed by atoms with Crippen LogP contribution in [0.15, 0.2) is 59.4 Å². The molecule has 0 saturated heterocycles. The lowest BCUT2D eigenvalue weighted by Crippen LogP contribution is -2.30. The van der Waals surface area contributed by atoms with Crippen molar-refractivity contribution in [2.45, 2.75) is 19.5 Å². The fourth-order valence-electron chi connectivity index (χ4n) is 3.29. The molecule has 0 aliphatic rings. The average molecular weight is 392 g/mol. The second kappa shape index (κ2) is 7.82. The number of aromatic nitrogens is 3. The lowest BCUT2D eigenvalue weighted by atomic mass is 10.1. The number of rotatable bonds is 6. The molecule has 2 heterocycles. The molecule has 0 aliphatic heterocycles. The summed E-state index contributed by atoms with van der Waals surface area (Å²) in [6.07, 6.45) is 0. The summed E-state index contributed by atoms with van der Waals surface area (Å²) >= 11 is 1.51. The summed E-state index contributed by atoms with van der Waals surface area (Å²) in [6.45, 7) is 2.11. The number of carbonyl (C=O) groups excluding carboxylic acids is 1. The minimum absolute atomic E-state index is 0.0990. The molecular weight excluding hydrogens is 372 g/mol. The molecule has 6 nitrogen and oxygen atoms in total. The summed E-state index contributed by atoms with van der Waals surface area (Å²) in [6, 6.07) is 15.3. The van der Waals surface area contributed by atoms with Gasteiger partial charge in [0, 0.05) is 10.9 Å². The predicted octanol–water partition coefficient (Wildman–Crippen LogP) is 4.05. The van der Waals surface area contributed by atoms with Crippen LogP contribution in [0.2, 0.25) is 0 Å². The number of fused-ring (bicyclic) bond motifs is 1. The Morgan fingerprint density at radius 3 is 2.79 bits per heavy atom. The van der Waals surface area contributed by atoms with Gasteiger partial charge in [-0.15, -0.1) is 11.3 Å². The van der Waals surface area contributed by atoms with Gasteiger partial charge in [0.05, 0.1) is 29.7 Å². The molecule has 0 radical (unpaired) electrons. The van der Waals surface area contributed by atoms with Gasteiger partial charge in [-0.2, -0.15) is 0 Å². The van der Waals surface area contributed by atoms with E-state index in [2.05, 4.69) is 15.3 Å². The van der Waals surface area contributed by atoms with Crippen LogP contribution in [0, 0.1) is 0 Å². The molecule has 2 aromatic carbocycles. The zero-order chi connectivity index (χ0) is 19.5. The maximum absolute atomic E-state index is 12.8. The van der Waals surface area contributed by atoms with Crippen molar-refractivity contribution in [3.05, 3.63) is 65.0 Å². The van der Waals surface area contributed by atoms with E-state index in [9.17, 15) is 4.79 Å². The fraction of sp³-hybridized carbons (Fsp3) is 0.190. The number of amides is 1. The van der Waals surface area contributed by atoms with Gasteiger partial charge < -0.3 is 14.6 Å². The molecule has 1 amide bonds. The number of imidazole rings is 1. The lowest BCUT2D eigenvalue weighted by molar-refractivity contribution is -0.122. The first-order chi connectivity index (χ1) is 13.7. The van der Waals surface area contributed by atoms with Crippen molar-refractivity contribution >= 4 is 28.3 Å². The second-order valence-electron chi connectivity index (χ2n) is 6.42. The van der Waals surface area contributed by atoms with Crippen molar-refractivity contribution in [2.75, 3.05) is 7.11 Å². The van der Waals surface area contributed by atoms with Gasteiger partial charge in [0.15, 0.2) is 5.82 Å². The number of ether oxygens (including phenoxy) is 1. The molecule has 4 rings (SSSR count). The number of hydrogen-bond acceptors (Lipinski definition) is 5. The molecule has 142 valence electrons. The number of carbonyl (C=O) groups is 1. The Morgan fingerprint density at radius 1 is 1.21 bits per heavy atom. The van der Waals surface area contributed by atoms with E-state index >= 15 is 0 Å². The Kier molecular flexibility index (Phi) is 5.08. The molecule has 0 bridgehead atoms. The molecule has 2 aromatic heterocycles. The Balaban J connectivity index is 1.61. The molecule has 0 saturated carbocycles. The largest absolute Gasteiger partial charge is 0.496 e. The number of benzene rings is 2. The zero-order valence-electron chi connectivity index (χ0n) is 15.6. The van der Waals surface area contributed by atoms with Crippen LogP contribution in [-0.2, 0) is 11.3 Å². The number of hydrogen-bond donors (Lipinski definition) is 1. The van der Waals surface area contributed by atoms with Gasteiger partial charge in [0.1, 0.15) is 18.0 Å². The smallest absolute Gasteiger partial charge is 0.240 e. The zero-order valence-corrected chi connectivity index (χ0v) is 16.4. The maximum atomic E-state index is 12.8. The van der Waals surface area contributed by atoms with Gasteiger partial charge >= 0.3 is 0 Å². The summed E-state index contributed by atoms with van der Waals surface area (Å²) in [5, 5.41) is 5.00. The molecular formula is C21H20N4O2S. The predicted molar refractivity (Wildman–Crippen MR) is 110 cm³/mol. The number of para-hydroxylation sites is 3. The van der Waals surface area contributed by atoms with Crippen LogP contribution in [0.1, 0.15) is 18.5 Å². The summed E-state index contributed by atoms with van der Waals surface area (Å²) in [5.74, 6) is 1.35. The molecule has 0 fully saturated rings. The SMILES string of the molecule is COc1ccccc1C(C)NC(=O)Cn1c(-c2cscn2)nc2ccccc21. The Hall–Kier alpha value is -3.19. The molecule has 4 aromatic rings. The highest BCUT2D eigenvalue weighted by molar-refractivity contribution is 7.07. The van der Waals surface area contributed by atoms with Gasteiger partial charge in [0.25, 0.3) is 0 Å². The van der Waals surface area contributed by atoms with Crippen LogP contribution < -0.4 is 10.1 Å². The topological polar surface area (TPSA) is 69.0 Å². The summed E-state index contributed by atoms with van der Waals surface area (Å²) < 4.78 is 7.32. The van der Waals surface area contributed by atoms with Gasteiger partial charge in [-0.25, -0.2) is 9.97 Å². The number of thiazole rings is 1. The molecule has 1 unspecified atom stereocenters. The van der Waals surface area contributed by atoms with Crippen LogP contribution in [-0.4, -0.2) is 27.6 Å². The van der Waals surface area contributed by atoms with Crippen LogP contribution >= 0.6 is 11.3 Å². The summed E-state index contributed by atoms with van der Waals surface area (Å²) in [5.41, 5.74) is 5.23.